The van der Waals surface area contributed by atoms with Crippen LogP contribution in [0.15, 0.2) is 0 Å². The molecule has 0 heterocycles. The van der Waals surface area contributed by atoms with Gasteiger partial charge in [-0.25, -0.2) is 4.79 Å². The first-order valence-corrected chi connectivity index (χ1v) is 10.1. The highest BCUT2D eigenvalue weighted by Crippen LogP contribution is 2.05. The van der Waals surface area contributed by atoms with Gasteiger partial charge in [-0.3, -0.25) is 19.2 Å². The van der Waals surface area contributed by atoms with E-state index in [1.54, 1.807) is 0 Å². The van der Waals surface area contributed by atoms with E-state index >= 15 is 0 Å². The third-order valence-electron chi connectivity index (χ3n) is 4.48. The van der Waals surface area contributed by atoms with E-state index < -0.39 is 66.5 Å². The van der Waals surface area contributed by atoms with Crippen LogP contribution in [-0.2, 0) is 24.0 Å². The minimum absolute atomic E-state index is 0.0723. The summed E-state index contributed by atoms with van der Waals surface area (Å²) in [5.74, 6) is -4.73. The van der Waals surface area contributed by atoms with Crippen molar-refractivity contribution >= 4 is 29.6 Å². The van der Waals surface area contributed by atoms with Crippen molar-refractivity contribution in [3.05, 3.63) is 0 Å². The second-order valence-electron chi connectivity index (χ2n) is 7.27. The summed E-state index contributed by atoms with van der Waals surface area (Å²) in [5.41, 5.74) is 16.1. The molecule has 184 valence electrons. The Morgan fingerprint density at radius 2 is 1.50 bits per heavy atom. The van der Waals surface area contributed by atoms with E-state index in [4.69, 9.17) is 27.4 Å². The summed E-state index contributed by atoms with van der Waals surface area (Å²) in [6.07, 6.45) is -0.580. The number of nitrogens with two attached hydrogens (primary N) is 3. The molecule has 12 N–H and O–H groups in total. The third kappa shape index (κ3) is 11.0. The van der Waals surface area contributed by atoms with Crippen molar-refractivity contribution in [1.82, 2.24) is 16.0 Å². The van der Waals surface area contributed by atoms with Crippen LogP contribution in [0.4, 0.5) is 0 Å². The molecule has 0 aromatic heterocycles. The van der Waals surface area contributed by atoms with Gasteiger partial charge in [0.05, 0.1) is 18.8 Å². The van der Waals surface area contributed by atoms with Gasteiger partial charge in [0, 0.05) is 6.42 Å². The zero-order valence-electron chi connectivity index (χ0n) is 18.0. The molecular formula is C18H34N6O8. The zero-order valence-corrected chi connectivity index (χ0v) is 18.0. The van der Waals surface area contributed by atoms with Crippen molar-refractivity contribution in [3.8, 4) is 0 Å². The Hall–Kier alpha value is -2.81. The number of hydrogen-bond donors (Lipinski definition) is 9. The number of carbonyl (C=O) groups excluding carboxylic acids is 4. The van der Waals surface area contributed by atoms with Crippen LogP contribution in [0.1, 0.15) is 39.0 Å². The van der Waals surface area contributed by atoms with Crippen molar-refractivity contribution < 1.29 is 39.3 Å². The highest BCUT2D eigenvalue weighted by molar-refractivity contribution is 5.94. The van der Waals surface area contributed by atoms with Gasteiger partial charge in [-0.15, -0.1) is 0 Å². The van der Waals surface area contributed by atoms with Gasteiger partial charge in [-0.1, -0.05) is 0 Å². The Bertz CT molecular complexity index is 659. The Balaban J connectivity index is 5.30. The van der Waals surface area contributed by atoms with Gasteiger partial charge in [0.1, 0.15) is 18.1 Å². The Morgan fingerprint density at radius 1 is 0.906 bits per heavy atom. The highest BCUT2D eigenvalue weighted by atomic mass is 16.4. The van der Waals surface area contributed by atoms with Crippen LogP contribution in [0.25, 0.3) is 0 Å². The van der Waals surface area contributed by atoms with E-state index in [2.05, 4.69) is 16.0 Å². The first-order valence-electron chi connectivity index (χ1n) is 10.1. The fourth-order valence-corrected chi connectivity index (χ4v) is 2.58. The van der Waals surface area contributed by atoms with E-state index in [9.17, 15) is 29.1 Å². The predicted octanol–water partition coefficient (Wildman–Crippen LogP) is -4.38. The number of aliphatic hydroxyl groups is 2. The summed E-state index contributed by atoms with van der Waals surface area (Å²) in [5, 5.41) is 34.7. The van der Waals surface area contributed by atoms with E-state index in [-0.39, 0.29) is 19.3 Å². The van der Waals surface area contributed by atoms with Crippen LogP contribution in [0, 0.1) is 0 Å². The summed E-state index contributed by atoms with van der Waals surface area (Å²) in [7, 11) is 0. The molecule has 0 saturated heterocycles. The lowest BCUT2D eigenvalue weighted by Crippen LogP contribution is -2.60. The number of aliphatic hydroxyl groups excluding tert-OH is 2. The van der Waals surface area contributed by atoms with E-state index in [0.29, 0.717) is 19.4 Å². The summed E-state index contributed by atoms with van der Waals surface area (Å²) in [4.78, 5) is 59.2. The number of amides is 4. The van der Waals surface area contributed by atoms with Crippen LogP contribution in [0.5, 0.6) is 0 Å². The third-order valence-corrected chi connectivity index (χ3v) is 4.48. The largest absolute Gasteiger partial charge is 0.480 e. The average molecular weight is 463 g/mol. The lowest BCUT2D eigenvalue weighted by molar-refractivity contribution is -0.143. The van der Waals surface area contributed by atoms with Gasteiger partial charge >= 0.3 is 5.97 Å². The molecule has 0 aliphatic carbocycles. The molecule has 0 spiro atoms. The quantitative estimate of drug-likeness (QED) is 0.0994. The number of aliphatic carboxylic acids is 1. The number of carbonyl (C=O) groups is 5. The second kappa shape index (κ2) is 15.1. The number of unbranched alkanes of at least 4 members (excludes halogenated alkanes) is 1. The van der Waals surface area contributed by atoms with E-state index in [1.165, 1.54) is 6.92 Å². The number of carboxylic acids is 1. The summed E-state index contributed by atoms with van der Waals surface area (Å²) in [6, 6.07) is -5.45. The average Bonchev–Trinajstić information content (AvgIpc) is 2.72. The molecule has 0 aliphatic rings. The normalized spacial score (nSPS) is 15.5. The van der Waals surface area contributed by atoms with Crippen molar-refractivity contribution in [2.75, 3.05) is 13.2 Å². The predicted molar refractivity (Wildman–Crippen MR) is 112 cm³/mol. The monoisotopic (exact) mass is 462 g/mol. The minimum Gasteiger partial charge on any atom is -0.480 e. The topological polar surface area (TPSA) is 260 Å². The molecule has 32 heavy (non-hydrogen) atoms. The number of nitrogens with one attached hydrogen (secondary N) is 3. The van der Waals surface area contributed by atoms with Gasteiger partial charge < -0.3 is 48.5 Å². The summed E-state index contributed by atoms with van der Waals surface area (Å²) >= 11 is 0. The molecule has 0 aromatic rings. The van der Waals surface area contributed by atoms with Gasteiger partial charge in [0.2, 0.25) is 23.6 Å². The SMILES string of the molecule is CC(O)C(NC(=O)C(N)CCC(N)=O)C(=O)NC(CCCCN)C(=O)NC(CO)C(=O)O. The molecule has 0 aromatic carbocycles. The summed E-state index contributed by atoms with van der Waals surface area (Å²) in [6.45, 7) is 0.696. The Labute approximate surface area is 185 Å². The molecule has 0 radical (unpaired) electrons. The van der Waals surface area contributed by atoms with Gasteiger partial charge in [-0.05, 0) is 39.2 Å². The maximum atomic E-state index is 12.7. The van der Waals surface area contributed by atoms with Crippen molar-refractivity contribution in [2.24, 2.45) is 17.2 Å². The van der Waals surface area contributed by atoms with Crippen molar-refractivity contribution in [2.45, 2.75) is 69.3 Å². The number of hydrogen-bond acceptors (Lipinski definition) is 9. The molecule has 4 amide bonds. The molecule has 0 saturated carbocycles. The lowest BCUT2D eigenvalue weighted by atomic mass is 10.1. The number of carboxylic acid groups (broad SMARTS) is 1. The highest BCUT2D eigenvalue weighted by Gasteiger charge is 2.32. The first-order chi connectivity index (χ1) is 14.9. The molecule has 0 aliphatic heterocycles. The fourth-order valence-electron chi connectivity index (χ4n) is 2.58. The van der Waals surface area contributed by atoms with Crippen LogP contribution in [-0.4, -0.2) is 88.3 Å². The van der Waals surface area contributed by atoms with Gasteiger partial charge in [-0.2, -0.15) is 0 Å². The van der Waals surface area contributed by atoms with Gasteiger partial charge in [0.25, 0.3) is 0 Å². The van der Waals surface area contributed by atoms with Crippen LogP contribution >= 0.6 is 0 Å². The van der Waals surface area contributed by atoms with Crippen LogP contribution < -0.4 is 33.2 Å². The van der Waals surface area contributed by atoms with E-state index in [0.717, 1.165) is 0 Å². The zero-order chi connectivity index (χ0) is 24.8. The van der Waals surface area contributed by atoms with Crippen LogP contribution in [0.2, 0.25) is 0 Å². The fraction of sp³-hybridized carbons (Fsp3) is 0.722. The molecule has 5 atom stereocenters. The minimum atomic E-state index is -1.58. The molecule has 14 nitrogen and oxygen atoms in total. The smallest absolute Gasteiger partial charge is 0.328 e. The van der Waals surface area contributed by atoms with Crippen molar-refractivity contribution in [3.63, 3.8) is 0 Å². The standard InChI is InChI=1S/C18H34N6O8/c1-9(26)14(24-15(28)10(20)5-6-13(21)27)17(30)22-11(4-2-3-7-19)16(29)23-12(8-25)18(31)32/h9-12,14,25-26H,2-8,19-20H2,1H3,(H2,21,27)(H,22,30)(H,23,29)(H,24,28)(H,31,32). The number of primary amides is 1. The van der Waals surface area contributed by atoms with Crippen molar-refractivity contribution in [1.29, 1.82) is 0 Å². The molecule has 5 unspecified atom stereocenters. The maximum absolute atomic E-state index is 12.7. The molecule has 0 bridgehead atoms. The maximum Gasteiger partial charge on any atom is 0.328 e. The molecule has 0 rings (SSSR count). The molecule has 14 heteroatoms. The molecule has 0 fully saturated rings. The van der Waals surface area contributed by atoms with Gasteiger partial charge in [0.15, 0.2) is 0 Å². The number of rotatable bonds is 16. The first kappa shape index (κ1) is 29.2. The van der Waals surface area contributed by atoms with Crippen LogP contribution in [0.3, 0.4) is 0 Å². The lowest BCUT2D eigenvalue weighted by Gasteiger charge is -2.26. The Morgan fingerprint density at radius 3 is 1.97 bits per heavy atom. The van der Waals surface area contributed by atoms with E-state index in [1.807, 2.05) is 0 Å². The molecular weight excluding hydrogens is 428 g/mol. The Kier molecular flexibility index (Phi) is 13.7. The summed E-state index contributed by atoms with van der Waals surface area (Å²) < 4.78 is 0. The second-order valence-corrected chi connectivity index (χ2v) is 7.27.